The standard InChI is InChI=1S/C8H14N2O5/c1-8(2,3)15-7(14)10-4(5(9)11)6(12)13/h4H,1-3H3,(H2,9,11)(H,10,14)(H,12,13)/t4-/m0/s1. The maximum atomic E-state index is 11.1. The summed E-state index contributed by atoms with van der Waals surface area (Å²) in [4.78, 5) is 32.2. The Bertz CT molecular complexity index is 267. The predicted octanol–water partition coefficient (Wildman–Crippen LogP) is -0.550. The summed E-state index contributed by atoms with van der Waals surface area (Å²) >= 11 is 0. The molecule has 0 saturated heterocycles. The van der Waals surface area contributed by atoms with E-state index in [-0.39, 0.29) is 0 Å². The first-order valence-corrected chi connectivity index (χ1v) is 4.15. The molecule has 0 aromatic heterocycles. The highest BCUT2D eigenvalue weighted by molar-refractivity contribution is 6.02. The van der Waals surface area contributed by atoms with Crippen LogP contribution in [0.15, 0.2) is 0 Å². The molecule has 4 N–H and O–H groups in total. The molecule has 0 aliphatic heterocycles. The van der Waals surface area contributed by atoms with Gasteiger partial charge < -0.3 is 15.6 Å². The number of ether oxygens (including phenoxy) is 1. The number of carboxylic acid groups (broad SMARTS) is 1. The van der Waals surface area contributed by atoms with Crippen LogP contribution >= 0.6 is 0 Å². The van der Waals surface area contributed by atoms with Crippen LogP contribution in [0.3, 0.4) is 0 Å². The van der Waals surface area contributed by atoms with Gasteiger partial charge in [-0.15, -0.1) is 0 Å². The zero-order chi connectivity index (χ0) is 12.2. The van der Waals surface area contributed by atoms with Gasteiger partial charge in [0.15, 0.2) is 0 Å². The maximum Gasteiger partial charge on any atom is 0.408 e. The molecule has 86 valence electrons. The molecule has 7 nitrogen and oxygen atoms in total. The quantitative estimate of drug-likeness (QED) is 0.549. The third kappa shape index (κ3) is 5.50. The summed E-state index contributed by atoms with van der Waals surface area (Å²) in [5.41, 5.74) is 3.99. The fourth-order valence-electron chi connectivity index (χ4n) is 0.680. The van der Waals surface area contributed by atoms with Crippen molar-refractivity contribution >= 4 is 18.0 Å². The molecule has 0 aliphatic rings. The van der Waals surface area contributed by atoms with Gasteiger partial charge in [0, 0.05) is 0 Å². The van der Waals surface area contributed by atoms with Gasteiger partial charge in [-0.2, -0.15) is 0 Å². The summed E-state index contributed by atoms with van der Waals surface area (Å²) in [5.74, 6) is -2.69. The molecule has 1 atom stereocenters. The Hall–Kier alpha value is -1.79. The molecule has 0 radical (unpaired) electrons. The van der Waals surface area contributed by atoms with E-state index in [1.165, 1.54) is 0 Å². The molecule has 0 aliphatic carbocycles. The van der Waals surface area contributed by atoms with Crippen LogP contribution in [0.1, 0.15) is 20.8 Å². The van der Waals surface area contributed by atoms with Crippen molar-refractivity contribution in [3.63, 3.8) is 0 Å². The summed E-state index contributed by atoms with van der Waals surface area (Å²) in [6.45, 7) is 4.81. The first-order chi connectivity index (χ1) is 6.63. The normalized spacial score (nSPS) is 12.7. The van der Waals surface area contributed by atoms with Crippen molar-refractivity contribution in [2.75, 3.05) is 0 Å². The van der Waals surface area contributed by atoms with Crippen LogP contribution in [-0.4, -0.2) is 34.7 Å². The molecule has 15 heavy (non-hydrogen) atoms. The van der Waals surface area contributed by atoms with Crippen LogP contribution in [0.2, 0.25) is 0 Å². The monoisotopic (exact) mass is 218 g/mol. The van der Waals surface area contributed by atoms with Gasteiger partial charge in [-0.3, -0.25) is 10.1 Å². The highest BCUT2D eigenvalue weighted by atomic mass is 16.6. The first-order valence-electron chi connectivity index (χ1n) is 4.15. The van der Waals surface area contributed by atoms with E-state index in [0.29, 0.717) is 0 Å². The minimum absolute atomic E-state index is 0.773. The van der Waals surface area contributed by atoms with Crippen molar-refractivity contribution < 1.29 is 24.2 Å². The van der Waals surface area contributed by atoms with E-state index in [9.17, 15) is 14.4 Å². The van der Waals surface area contributed by atoms with Crippen molar-refractivity contribution in [3.8, 4) is 0 Å². The Morgan fingerprint density at radius 3 is 2.07 bits per heavy atom. The summed E-state index contributed by atoms with van der Waals surface area (Å²) in [7, 11) is 0. The molecule has 0 bridgehead atoms. The maximum absolute atomic E-state index is 11.1. The molecule has 0 rings (SSSR count). The molecule has 7 heteroatoms. The highest BCUT2D eigenvalue weighted by Crippen LogP contribution is 2.06. The van der Waals surface area contributed by atoms with Crippen LogP contribution in [0.25, 0.3) is 0 Å². The van der Waals surface area contributed by atoms with Crippen LogP contribution < -0.4 is 11.1 Å². The molecule has 2 amide bonds. The van der Waals surface area contributed by atoms with E-state index in [1.807, 2.05) is 5.32 Å². The summed E-state index contributed by atoms with van der Waals surface area (Å²) < 4.78 is 4.75. The lowest BCUT2D eigenvalue weighted by atomic mass is 10.2. The number of primary amides is 1. The number of hydrogen-bond acceptors (Lipinski definition) is 4. The molecular weight excluding hydrogens is 204 g/mol. The first kappa shape index (κ1) is 13.2. The van der Waals surface area contributed by atoms with Crippen molar-refractivity contribution in [2.24, 2.45) is 5.73 Å². The average molecular weight is 218 g/mol. The third-order valence-corrected chi connectivity index (χ3v) is 1.19. The lowest BCUT2D eigenvalue weighted by molar-refractivity contribution is -0.143. The van der Waals surface area contributed by atoms with Crippen LogP contribution in [0, 0.1) is 0 Å². The van der Waals surface area contributed by atoms with E-state index in [4.69, 9.17) is 15.6 Å². The number of hydrogen-bond donors (Lipinski definition) is 3. The zero-order valence-electron chi connectivity index (χ0n) is 8.73. The fraction of sp³-hybridized carbons (Fsp3) is 0.625. The van der Waals surface area contributed by atoms with Gasteiger partial charge in [-0.05, 0) is 20.8 Å². The van der Waals surface area contributed by atoms with Gasteiger partial charge in [-0.1, -0.05) is 0 Å². The SMILES string of the molecule is CC(C)(C)OC(=O)N[C@@H](C(N)=O)C(=O)O. The van der Waals surface area contributed by atoms with Crippen LogP contribution in [0.4, 0.5) is 4.79 Å². The van der Waals surface area contributed by atoms with Crippen molar-refractivity contribution in [2.45, 2.75) is 32.4 Å². The lowest BCUT2D eigenvalue weighted by Gasteiger charge is -2.20. The second-order valence-electron chi connectivity index (χ2n) is 3.82. The highest BCUT2D eigenvalue weighted by Gasteiger charge is 2.28. The molecular formula is C8H14N2O5. The number of nitrogens with two attached hydrogens (primary N) is 1. The number of rotatable bonds is 3. The second-order valence-corrected chi connectivity index (χ2v) is 3.82. The topological polar surface area (TPSA) is 119 Å². The number of nitrogens with one attached hydrogen (secondary N) is 1. The smallest absolute Gasteiger partial charge is 0.408 e. The Kier molecular flexibility index (Phi) is 4.07. The minimum Gasteiger partial charge on any atom is -0.479 e. The van der Waals surface area contributed by atoms with Gasteiger partial charge in [0.05, 0.1) is 0 Å². The largest absolute Gasteiger partial charge is 0.479 e. The van der Waals surface area contributed by atoms with Gasteiger partial charge in [0.1, 0.15) is 5.60 Å². The third-order valence-electron chi connectivity index (χ3n) is 1.19. The zero-order valence-corrected chi connectivity index (χ0v) is 8.73. The van der Waals surface area contributed by atoms with Crippen molar-refractivity contribution in [1.29, 1.82) is 0 Å². The molecule has 0 heterocycles. The number of carbonyl (C=O) groups excluding carboxylic acids is 2. The van der Waals surface area contributed by atoms with Gasteiger partial charge in [-0.25, -0.2) is 9.59 Å². The molecule has 0 saturated carbocycles. The van der Waals surface area contributed by atoms with Gasteiger partial charge in [0.2, 0.25) is 6.04 Å². The molecule has 0 aromatic carbocycles. The Labute approximate surface area is 86.6 Å². The Morgan fingerprint density at radius 2 is 1.80 bits per heavy atom. The predicted molar refractivity (Wildman–Crippen MR) is 50.0 cm³/mol. The minimum atomic E-state index is -1.78. The van der Waals surface area contributed by atoms with Gasteiger partial charge in [0.25, 0.3) is 5.91 Å². The number of amides is 2. The molecule has 0 spiro atoms. The Balaban J connectivity index is 4.38. The Morgan fingerprint density at radius 1 is 1.33 bits per heavy atom. The molecule has 0 fully saturated rings. The molecule has 0 aromatic rings. The van der Waals surface area contributed by atoms with Crippen molar-refractivity contribution in [1.82, 2.24) is 5.32 Å². The summed E-state index contributed by atoms with van der Waals surface area (Å²) in [6.07, 6.45) is -1.01. The second kappa shape index (κ2) is 4.63. The van der Waals surface area contributed by atoms with Gasteiger partial charge >= 0.3 is 12.1 Å². The number of alkyl carbamates (subject to hydrolysis) is 1. The van der Waals surface area contributed by atoms with Crippen LogP contribution in [0.5, 0.6) is 0 Å². The van der Waals surface area contributed by atoms with E-state index >= 15 is 0 Å². The van der Waals surface area contributed by atoms with E-state index in [0.717, 1.165) is 0 Å². The fourth-order valence-corrected chi connectivity index (χ4v) is 0.680. The number of carboxylic acids is 1. The summed E-state index contributed by atoms with van der Waals surface area (Å²) in [5, 5.41) is 10.4. The number of aliphatic carboxylic acids is 1. The van der Waals surface area contributed by atoms with E-state index in [1.54, 1.807) is 20.8 Å². The van der Waals surface area contributed by atoms with Crippen LogP contribution in [-0.2, 0) is 14.3 Å². The summed E-state index contributed by atoms with van der Waals surface area (Å²) in [6, 6.07) is -1.78. The lowest BCUT2D eigenvalue weighted by Crippen LogP contribution is -2.50. The average Bonchev–Trinajstić information content (AvgIpc) is 1.95. The van der Waals surface area contributed by atoms with E-state index < -0.39 is 29.6 Å². The van der Waals surface area contributed by atoms with E-state index in [2.05, 4.69) is 0 Å². The number of carbonyl (C=O) groups is 3. The molecule has 0 unspecified atom stereocenters. The van der Waals surface area contributed by atoms with Crippen molar-refractivity contribution in [3.05, 3.63) is 0 Å².